The van der Waals surface area contributed by atoms with Gasteiger partial charge in [-0.2, -0.15) is 0 Å². The van der Waals surface area contributed by atoms with Gasteiger partial charge < -0.3 is 10.1 Å². The number of pyridine rings is 1. The van der Waals surface area contributed by atoms with Gasteiger partial charge in [0.25, 0.3) is 0 Å². The van der Waals surface area contributed by atoms with Gasteiger partial charge in [0.1, 0.15) is 0 Å². The summed E-state index contributed by atoms with van der Waals surface area (Å²) in [6.45, 7) is 0.798. The quantitative estimate of drug-likeness (QED) is 0.879. The van der Waals surface area contributed by atoms with Crippen LogP contribution in [0.15, 0.2) is 42.7 Å². The van der Waals surface area contributed by atoms with Crippen LogP contribution in [0.4, 0.5) is 5.69 Å². The molecular weight excluding hydrogens is 276 g/mol. The highest BCUT2D eigenvalue weighted by molar-refractivity contribution is 5.95. The molecule has 0 saturated carbocycles. The van der Waals surface area contributed by atoms with Crippen LogP contribution in [0.2, 0.25) is 0 Å². The summed E-state index contributed by atoms with van der Waals surface area (Å²) in [6, 6.07) is 10.3. The molecule has 0 amide bonds. The number of carbonyl (C=O) groups excluding carboxylic acids is 1. The summed E-state index contributed by atoms with van der Waals surface area (Å²) in [5, 5.41) is 3.38. The molecule has 0 fully saturated rings. The lowest BCUT2D eigenvalue weighted by Crippen LogP contribution is -2.19. The summed E-state index contributed by atoms with van der Waals surface area (Å²) in [7, 11) is 1.39. The van der Waals surface area contributed by atoms with Gasteiger partial charge >= 0.3 is 5.97 Å². The van der Waals surface area contributed by atoms with Crippen molar-refractivity contribution < 1.29 is 9.53 Å². The molecule has 0 saturated heterocycles. The molecule has 0 unspecified atom stereocenters. The zero-order chi connectivity index (χ0) is 15.4. The van der Waals surface area contributed by atoms with Crippen LogP contribution in [0.3, 0.4) is 0 Å². The number of hydrogen-bond donors (Lipinski definition) is 1. The van der Waals surface area contributed by atoms with E-state index < -0.39 is 0 Å². The molecule has 3 rings (SSSR count). The first-order chi connectivity index (χ1) is 10.8. The van der Waals surface area contributed by atoms with Crippen LogP contribution in [0.25, 0.3) is 0 Å². The standard InChI is InChI=1S/C18H20N2O2/c1-22-18(21)16-9-10-19-12-17(16)20-11-14-7-4-6-13-5-2-3-8-15(13)14/h2-3,5,8-10,12,14,20H,4,6-7,11H2,1H3/t14-/m1/s1. The van der Waals surface area contributed by atoms with Gasteiger partial charge in [0, 0.05) is 18.7 Å². The first-order valence-corrected chi connectivity index (χ1v) is 7.63. The number of methoxy groups -OCH3 is 1. The molecule has 0 radical (unpaired) electrons. The molecule has 4 heteroatoms. The van der Waals surface area contributed by atoms with E-state index in [9.17, 15) is 4.79 Å². The maximum atomic E-state index is 11.8. The number of aromatic nitrogens is 1. The molecule has 1 aliphatic carbocycles. The third kappa shape index (κ3) is 2.96. The fourth-order valence-corrected chi connectivity index (χ4v) is 3.12. The Labute approximate surface area is 130 Å². The SMILES string of the molecule is COC(=O)c1ccncc1NC[C@H]1CCCc2ccccc21. The number of ether oxygens (including phenoxy) is 1. The highest BCUT2D eigenvalue weighted by atomic mass is 16.5. The zero-order valence-corrected chi connectivity index (χ0v) is 12.7. The van der Waals surface area contributed by atoms with Crippen LogP contribution >= 0.6 is 0 Å². The molecule has 1 N–H and O–H groups in total. The van der Waals surface area contributed by atoms with E-state index in [2.05, 4.69) is 34.6 Å². The number of rotatable bonds is 4. The smallest absolute Gasteiger partial charge is 0.340 e. The van der Waals surface area contributed by atoms with Crippen LogP contribution in [-0.2, 0) is 11.2 Å². The van der Waals surface area contributed by atoms with E-state index in [1.807, 2.05) is 0 Å². The minimum absolute atomic E-state index is 0.339. The number of carbonyl (C=O) groups is 1. The molecule has 4 nitrogen and oxygen atoms in total. The van der Waals surface area contributed by atoms with Crippen LogP contribution in [0, 0.1) is 0 Å². The van der Waals surface area contributed by atoms with E-state index >= 15 is 0 Å². The number of nitrogens with zero attached hydrogens (tertiary/aromatic N) is 1. The minimum Gasteiger partial charge on any atom is -0.465 e. The van der Waals surface area contributed by atoms with Crippen molar-refractivity contribution in [1.82, 2.24) is 4.98 Å². The third-order valence-electron chi connectivity index (χ3n) is 4.26. The van der Waals surface area contributed by atoms with Crippen LogP contribution < -0.4 is 5.32 Å². The van der Waals surface area contributed by atoms with Crippen molar-refractivity contribution in [3.63, 3.8) is 0 Å². The number of nitrogens with one attached hydrogen (secondary N) is 1. The second-order valence-electron chi connectivity index (χ2n) is 5.58. The first-order valence-electron chi connectivity index (χ1n) is 7.63. The molecule has 0 bridgehead atoms. The number of benzene rings is 1. The summed E-state index contributed by atoms with van der Waals surface area (Å²) in [5.41, 5.74) is 4.13. The molecule has 22 heavy (non-hydrogen) atoms. The molecule has 2 aromatic rings. The Morgan fingerprint density at radius 1 is 1.36 bits per heavy atom. The number of anilines is 1. The molecular formula is C18H20N2O2. The van der Waals surface area contributed by atoms with Crippen LogP contribution in [0.5, 0.6) is 0 Å². The van der Waals surface area contributed by atoms with Crippen LogP contribution in [0.1, 0.15) is 40.2 Å². The predicted octanol–water partition coefficient (Wildman–Crippen LogP) is 3.40. The summed E-state index contributed by atoms with van der Waals surface area (Å²) >= 11 is 0. The van der Waals surface area contributed by atoms with Gasteiger partial charge in [-0.25, -0.2) is 4.79 Å². The van der Waals surface area contributed by atoms with Crippen molar-refractivity contribution in [2.24, 2.45) is 0 Å². The predicted molar refractivity (Wildman–Crippen MR) is 86.2 cm³/mol. The topological polar surface area (TPSA) is 51.2 Å². The van der Waals surface area contributed by atoms with Crippen LogP contribution in [-0.4, -0.2) is 24.6 Å². The van der Waals surface area contributed by atoms with Gasteiger partial charge in [0.05, 0.1) is 24.6 Å². The summed E-state index contributed by atoms with van der Waals surface area (Å²) < 4.78 is 4.82. The molecule has 1 atom stereocenters. The van der Waals surface area contributed by atoms with Crippen molar-refractivity contribution in [1.29, 1.82) is 0 Å². The second-order valence-corrected chi connectivity index (χ2v) is 5.58. The molecule has 114 valence electrons. The Morgan fingerprint density at radius 2 is 2.23 bits per heavy atom. The summed E-state index contributed by atoms with van der Waals surface area (Å²) in [5.74, 6) is 0.129. The molecule has 1 heterocycles. The highest BCUT2D eigenvalue weighted by Crippen LogP contribution is 2.31. The molecule has 0 aliphatic heterocycles. The summed E-state index contributed by atoms with van der Waals surface area (Å²) in [6.07, 6.45) is 6.82. The van der Waals surface area contributed by atoms with Gasteiger partial charge in [0.15, 0.2) is 0 Å². The van der Waals surface area contributed by atoms with E-state index in [-0.39, 0.29) is 5.97 Å². The third-order valence-corrected chi connectivity index (χ3v) is 4.26. The largest absolute Gasteiger partial charge is 0.465 e. The van der Waals surface area contributed by atoms with E-state index in [1.165, 1.54) is 24.7 Å². The van der Waals surface area contributed by atoms with Crippen molar-refractivity contribution in [3.8, 4) is 0 Å². The van der Waals surface area contributed by atoms with Gasteiger partial charge in [-0.05, 0) is 36.5 Å². The van der Waals surface area contributed by atoms with E-state index in [0.29, 0.717) is 11.5 Å². The first kappa shape index (κ1) is 14.6. The average Bonchev–Trinajstić information content (AvgIpc) is 2.59. The summed E-state index contributed by atoms with van der Waals surface area (Å²) in [4.78, 5) is 15.9. The lowest BCUT2D eigenvalue weighted by Gasteiger charge is -2.26. The monoisotopic (exact) mass is 296 g/mol. The molecule has 0 spiro atoms. The Balaban J connectivity index is 1.76. The van der Waals surface area contributed by atoms with Crippen molar-refractivity contribution in [3.05, 3.63) is 59.4 Å². The van der Waals surface area contributed by atoms with Gasteiger partial charge in [-0.15, -0.1) is 0 Å². The normalized spacial score (nSPS) is 16.7. The Bertz CT molecular complexity index is 670. The lowest BCUT2D eigenvalue weighted by molar-refractivity contribution is 0.0601. The average molecular weight is 296 g/mol. The Hall–Kier alpha value is -2.36. The minimum atomic E-state index is -0.339. The maximum Gasteiger partial charge on any atom is 0.340 e. The number of fused-ring (bicyclic) bond motifs is 1. The van der Waals surface area contributed by atoms with Crippen molar-refractivity contribution in [2.75, 3.05) is 19.0 Å². The van der Waals surface area contributed by atoms with E-state index in [1.54, 1.807) is 18.5 Å². The van der Waals surface area contributed by atoms with Gasteiger partial charge in [-0.1, -0.05) is 24.3 Å². The zero-order valence-electron chi connectivity index (χ0n) is 12.7. The number of hydrogen-bond acceptors (Lipinski definition) is 4. The lowest BCUT2D eigenvalue weighted by atomic mass is 9.83. The van der Waals surface area contributed by atoms with E-state index in [4.69, 9.17) is 4.74 Å². The second kappa shape index (κ2) is 6.60. The fourth-order valence-electron chi connectivity index (χ4n) is 3.12. The molecule has 1 aliphatic rings. The van der Waals surface area contributed by atoms with Crippen molar-refractivity contribution >= 4 is 11.7 Å². The number of aryl methyl sites for hydroxylation is 1. The molecule has 1 aromatic carbocycles. The molecule has 1 aromatic heterocycles. The fraction of sp³-hybridized carbons (Fsp3) is 0.333. The van der Waals surface area contributed by atoms with Gasteiger partial charge in [-0.3, -0.25) is 4.98 Å². The Kier molecular flexibility index (Phi) is 4.37. The highest BCUT2D eigenvalue weighted by Gasteiger charge is 2.20. The maximum absolute atomic E-state index is 11.8. The van der Waals surface area contributed by atoms with Crippen molar-refractivity contribution in [2.45, 2.75) is 25.2 Å². The number of esters is 1. The van der Waals surface area contributed by atoms with Gasteiger partial charge in [0.2, 0.25) is 0 Å². The van der Waals surface area contributed by atoms with E-state index in [0.717, 1.165) is 25.1 Å². The Morgan fingerprint density at radius 3 is 3.09 bits per heavy atom.